The molecule has 20 heavy (non-hydrogen) atoms. The molecule has 0 aromatic carbocycles. The maximum absolute atomic E-state index is 5.75. The minimum atomic E-state index is 0.390. The van der Waals surface area contributed by atoms with Crippen LogP contribution in [0.5, 0.6) is 0 Å². The molecule has 0 aliphatic heterocycles. The maximum Gasteiger partial charge on any atom is 0.197 e. The van der Waals surface area contributed by atoms with E-state index in [2.05, 4.69) is 43.0 Å². The first-order valence-electron chi connectivity index (χ1n) is 7.28. The van der Waals surface area contributed by atoms with E-state index in [-0.39, 0.29) is 0 Å². The monoisotopic (exact) mass is 273 g/mol. The number of rotatable bonds is 5. The molecule has 2 aromatic heterocycles. The predicted molar refractivity (Wildman–Crippen MR) is 82.1 cm³/mol. The summed E-state index contributed by atoms with van der Waals surface area (Å²) in [6.07, 6.45) is 0.878. The molecule has 0 saturated carbocycles. The van der Waals surface area contributed by atoms with Gasteiger partial charge in [0.05, 0.1) is 0 Å². The summed E-state index contributed by atoms with van der Waals surface area (Å²) in [4.78, 5) is 9.26. The summed E-state index contributed by atoms with van der Waals surface area (Å²) in [7, 11) is 0. The fourth-order valence-electron chi connectivity index (χ4n) is 2.37. The third-order valence-corrected chi connectivity index (χ3v) is 3.29. The molecule has 0 spiro atoms. The molecule has 0 fully saturated rings. The van der Waals surface area contributed by atoms with Gasteiger partial charge in [-0.2, -0.15) is 0 Å². The molecule has 108 valence electrons. The largest absolute Gasteiger partial charge is 0.458 e. The van der Waals surface area contributed by atoms with Crippen molar-refractivity contribution in [3.05, 3.63) is 29.2 Å². The van der Waals surface area contributed by atoms with E-state index in [9.17, 15) is 0 Å². The van der Waals surface area contributed by atoms with Gasteiger partial charge >= 0.3 is 0 Å². The second-order valence-electron chi connectivity index (χ2n) is 5.20. The van der Waals surface area contributed by atoms with E-state index < -0.39 is 0 Å². The first kappa shape index (κ1) is 14.6. The van der Waals surface area contributed by atoms with E-state index in [1.54, 1.807) is 0 Å². The van der Waals surface area contributed by atoms with Gasteiger partial charge in [0.25, 0.3) is 0 Å². The summed E-state index contributed by atoms with van der Waals surface area (Å²) >= 11 is 0. The first-order valence-corrected chi connectivity index (χ1v) is 7.28. The average Bonchev–Trinajstić information content (AvgIpc) is 2.86. The van der Waals surface area contributed by atoms with Crippen molar-refractivity contribution in [3.63, 3.8) is 0 Å². The van der Waals surface area contributed by atoms with Gasteiger partial charge in [0.15, 0.2) is 11.6 Å². The van der Waals surface area contributed by atoms with Crippen LogP contribution in [-0.4, -0.2) is 16.5 Å². The number of aromatic nitrogens is 2. The molecule has 0 unspecified atom stereocenters. The zero-order valence-electron chi connectivity index (χ0n) is 12.9. The molecule has 0 saturated heterocycles. The van der Waals surface area contributed by atoms with Crippen LogP contribution in [0.3, 0.4) is 0 Å². The van der Waals surface area contributed by atoms with Crippen LogP contribution in [-0.2, 0) is 6.42 Å². The molecule has 0 amide bonds. The zero-order chi connectivity index (χ0) is 14.7. The highest BCUT2D eigenvalue weighted by atomic mass is 16.3. The molecule has 0 bridgehead atoms. The summed E-state index contributed by atoms with van der Waals surface area (Å²) in [6.45, 7) is 11.3. The fraction of sp³-hybridized carbons (Fsp3) is 0.500. The Morgan fingerprint density at radius 2 is 1.95 bits per heavy atom. The van der Waals surface area contributed by atoms with E-state index in [1.807, 2.05) is 19.1 Å². The SMILES string of the molecule is CCNc1nc(-c2ccc(CC)o2)nc(C)c1C(C)C. The Balaban J connectivity index is 2.50. The molecule has 0 radical (unpaired) electrons. The Bertz CT molecular complexity index is 587. The minimum Gasteiger partial charge on any atom is -0.458 e. The molecular formula is C16H23N3O. The zero-order valence-corrected chi connectivity index (χ0v) is 12.9. The lowest BCUT2D eigenvalue weighted by Gasteiger charge is -2.16. The van der Waals surface area contributed by atoms with Crippen LogP contribution in [0.1, 0.15) is 50.6 Å². The second kappa shape index (κ2) is 6.07. The van der Waals surface area contributed by atoms with Crippen molar-refractivity contribution in [1.29, 1.82) is 0 Å². The lowest BCUT2D eigenvalue weighted by molar-refractivity contribution is 0.525. The Kier molecular flexibility index (Phi) is 4.42. The van der Waals surface area contributed by atoms with Crippen molar-refractivity contribution in [2.24, 2.45) is 0 Å². The summed E-state index contributed by atoms with van der Waals surface area (Å²) < 4.78 is 5.75. The summed E-state index contributed by atoms with van der Waals surface area (Å²) in [5.41, 5.74) is 2.19. The Morgan fingerprint density at radius 1 is 1.20 bits per heavy atom. The van der Waals surface area contributed by atoms with Crippen LogP contribution >= 0.6 is 0 Å². The van der Waals surface area contributed by atoms with E-state index in [0.717, 1.165) is 36.0 Å². The molecule has 4 heteroatoms. The van der Waals surface area contributed by atoms with Crippen molar-refractivity contribution < 1.29 is 4.42 Å². The normalized spacial score (nSPS) is 11.1. The topological polar surface area (TPSA) is 51.0 Å². The smallest absolute Gasteiger partial charge is 0.197 e. The van der Waals surface area contributed by atoms with Crippen LogP contribution < -0.4 is 5.32 Å². The molecule has 1 N–H and O–H groups in total. The standard InChI is InChI=1S/C16H23N3O/c1-6-12-8-9-13(20-12)15-18-11(5)14(10(3)4)16(19-15)17-7-2/h8-10H,6-7H2,1-5H3,(H,17,18,19). The van der Waals surface area contributed by atoms with Gasteiger partial charge in [-0.1, -0.05) is 20.8 Å². The van der Waals surface area contributed by atoms with Crippen molar-refractivity contribution >= 4 is 5.82 Å². The number of nitrogens with one attached hydrogen (secondary N) is 1. The van der Waals surface area contributed by atoms with Crippen LogP contribution in [0.4, 0.5) is 5.82 Å². The lowest BCUT2D eigenvalue weighted by atomic mass is 10.0. The van der Waals surface area contributed by atoms with Gasteiger partial charge in [-0.3, -0.25) is 0 Å². The van der Waals surface area contributed by atoms with Gasteiger partial charge in [0.1, 0.15) is 11.6 Å². The lowest BCUT2D eigenvalue weighted by Crippen LogP contribution is -2.09. The fourth-order valence-corrected chi connectivity index (χ4v) is 2.37. The molecule has 0 aliphatic carbocycles. The third kappa shape index (κ3) is 2.84. The highest BCUT2D eigenvalue weighted by Gasteiger charge is 2.16. The molecule has 2 rings (SSSR count). The number of hydrogen-bond donors (Lipinski definition) is 1. The highest BCUT2D eigenvalue weighted by molar-refractivity contribution is 5.56. The first-order chi connectivity index (χ1) is 9.56. The summed E-state index contributed by atoms with van der Waals surface area (Å²) in [6, 6.07) is 3.93. The van der Waals surface area contributed by atoms with Gasteiger partial charge in [0.2, 0.25) is 0 Å². The number of nitrogens with zero attached hydrogens (tertiary/aromatic N) is 2. The van der Waals surface area contributed by atoms with Gasteiger partial charge in [-0.05, 0) is 31.9 Å². The van der Waals surface area contributed by atoms with Crippen LogP contribution in [0.15, 0.2) is 16.5 Å². The van der Waals surface area contributed by atoms with Crippen LogP contribution in [0.2, 0.25) is 0 Å². The molecule has 2 aromatic rings. The molecular weight excluding hydrogens is 250 g/mol. The van der Waals surface area contributed by atoms with Crippen molar-refractivity contribution in [3.8, 4) is 11.6 Å². The minimum absolute atomic E-state index is 0.390. The quantitative estimate of drug-likeness (QED) is 0.888. The van der Waals surface area contributed by atoms with E-state index >= 15 is 0 Å². The van der Waals surface area contributed by atoms with E-state index in [4.69, 9.17) is 4.42 Å². The van der Waals surface area contributed by atoms with E-state index in [1.165, 1.54) is 5.56 Å². The maximum atomic E-state index is 5.75. The Morgan fingerprint density at radius 3 is 2.50 bits per heavy atom. The van der Waals surface area contributed by atoms with Crippen molar-refractivity contribution in [2.75, 3.05) is 11.9 Å². The molecule has 0 aliphatic rings. The summed E-state index contributed by atoms with van der Waals surface area (Å²) in [5.74, 6) is 3.65. The molecule has 0 atom stereocenters. The van der Waals surface area contributed by atoms with Crippen LogP contribution in [0.25, 0.3) is 11.6 Å². The predicted octanol–water partition coefficient (Wildman–Crippen LogP) is 4.16. The Hall–Kier alpha value is -1.84. The summed E-state index contributed by atoms with van der Waals surface area (Å²) in [5, 5.41) is 3.34. The number of hydrogen-bond acceptors (Lipinski definition) is 4. The van der Waals surface area contributed by atoms with Crippen LogP contribution in [0, 0.1) is 6.92 Å². The number of aryl methyl sites for hydroxylation is 2. The molecule has 2 heterocycles. The van der Waals surface area contributed by atoms with E-state index in [0.29, 0.717) is 11.7 Å². The second-order valence-corrected chi connectivity index (χ2v) is 5.20. The van der Waals surface area contributed by atoms with Crippen molar-refractivity contribution in [2.45, 2.75) is 47.0 Å². The molecule has 4 nitrogen and oxygen atoms in total. The van der Waals surface area contributed by atoms with Gasteiger partial charge in [0, 0.05) is 24.2 Å². The highest BCUT2D eigenvalue weighted by Crippen LogP contribution is 2.28. The number of anilines is 1. The average molecular weight is 273 g/mol. The van der Waals surface area contributed by atoms with Gasteiger partial charge < -0.3 is 9.73 Å². The van der Waals surface area contributed by atoms with Crippen molar-refractivity contribution in [1.82, 2.24) is 9.97 Å². The van der Waals surface area contributed by atoms with Gasteiger partial charge in [-0.25, -0.2) is 9.97 Å². The third-order valence-electron chi connectivity index (χ3n) is 3.29. The van der Waals surface area contributed by atoms with Gasteiger partial charge in [-0.15, -0.1) is 0 Å². The number of furan rings is 1. The Labute approximate surface area is 120 Å².